The lowest BCUT2D eigenvalue weighted by Crippen LogP contribution is -2.46. The molecule has 1 aromatic rings. The van der Waals surface area contributed by atoms with Gasteiger partial charge in [-0.15, -0.1) is 0 Å². The van der Waals surface area contributed by atoms with Crippen molar-refractivity contribution in [2.75, 3.05) is 6.54 Å². The van der Waals surface area contributed by atoms with Gasteiger partial charge in [-0.2, -0.15) is 0 Å². The quantitative estimate of drug-likeness (QED) is 0.361. The molecule has 0 amide bonds. The van der Waals surface area contributed by atoms with Crippen molar-refractivity contribution in [1.82, 2.24) is 10.3 Å². The summed E-state index contributed by atoms with van der Waals surface area (Å²) in [6, 6.07) is 10.5. The Balaban J connectivity index is 2.15. The largest absolute Gasteiger partial charge is 0.339 e. The highest BCUT2D eigenvalue weighted by Gasteiger charge is 2.30. The molecule has 0 atom stereocenters. The van der Waals surface area contributed by atoms with Crippen LogP contribution in [0, 0.1) is 0 Å². The second-order valence-electron chi connectivity index (χ2n) is 4.34. The summed E-state index contributed by atoms with van der Waals surface area (Å²) >= 11 is 0. The van der Waals surface area contributed by atoms with Crippen LogP contribution in [0.4, 0.5) is 5.69 Å². The van der Waals surface area contributed by atoms with Gasteiger partial charge in [-0.05, 0) is 31.4 Å². The lowest BCUT2D eigenvalue weighted by Gasteiger charge is -2.24. The molecular formula is C13H20N4. The Kier molecular flexibility index (Phi) is 3.98. The lowest BCUT2D eigenvalue weighted by molar-refractivity contribution is 0.394. The van der Waals surface area contributed by atoms with E-state index in [1.165, 1.54) is 12.8 Å². The third-order valence-electron chi connectivity index (χ3n) is 2.84. The van der Waals surface area contributed by atoms with E-state index >= 15 is 0 Å². The Morgan fingerprint density at radius 2 is 2.12 bits per heavy atom. The van der Waals surface area contributed by atoms with Gasteiger partial charge in [-0.3, -0.25) is 5.43 Å². The monoisotopic (exact) mass is 232 g/mol. The molecule has 2 rings (SSSR count). The molecule has 4 heteroatoms. The number of nitrogens with two attached hydrogens (primary N) is 1. The van der Waals surface area contributed by atoms with Crippen molar-refractivity contribution in [3.05, 3.63) is 30.3 Å². The predicted octanol–water partition coefficient (Wildman–Crippen LogP) is 2.01. The van der Waals surface area contributed by atoms with Crippen LogP contribution in [0.2, 0.25) is 0 Å². The number of para-hydroxylation sites is 1. The molecule has 0 unspecified atom stereocenters. The van der Waals surface area contributed by atoms with Crippen molar-refractivity contribution in [2.45, 2.75) is 32.2 Å². The highest BCUT2D eigenvalue weighted by Crippen LogP contribution is 2.27. The molecule has 1 saturated carbocycles. The Morgan fingerprint density at radius 1 is 1.41 bits per heavy atom. The normalized spacial score (nSPS) is 15.8. The number of hydrazine groups is 1. The molecule has 1 fully saturated rings. The first-order chi connectivity index (χ1) is 8.35. The van der Waals surface area contributed by atoms with Crippen LogP contribution in [0.1, 0.15) is 26.2 Å². The van der Waals surface area contributed by atoms with Crippen molar-refractivity contribution in [2.24, 2.45) is 10.8 Å². The molecule has 1 aliphatic rings. The summed E-state index contributed by atoms with van der Waals surface area (Å²) in [5, 5.41) is 0. The van der Waals surface area contributed by atoms with Crippen LogP contribution in [0.25, 0.3) is 0 Å². The van der Waals surface area contributed by atoms with Gasteiger partial charge in [-0.1, -0.05) is 25.1 Å². The highest BCUT2D eigenvalue weighted by molar-refractivity contribution is 5.82. The standard InChI is InChI=1S/C13H20N4/c1-2-10-17(12-8-9-12)13(16-14)15-11-6-4-3-5-7-11/h3-7,12H,2,8-10,14H2,1H3,(H,15,16). The summed E-state index contributed by atoms with van der Waals surface area (Å²) in [5.74, 6) is 6.37. The van der Waals surface area contributed by atoms with Gasteiger partial charge in [0.15, 0.2) is 0 Å². The minimum Gasteiger partial charge on any atom is -0.339 e. The topological polar surface area (TPSA) is 53.6 Å². The fraction of sp³-hybridized carbons (Fsp3) is 0.462. The summed E-state index contributed by atoms with van der Waals surface area (Å²) in [5.41, 5.74) is 3.67. The zero-order chi connectivity index (χ0) is 12.1. The van der Waals surface area contributed by atoms with Gasteiger partial charge in [0.1, 0.15) is 0 Å². The third-order valence-corrected chi connectivity index (χ3v) is 2.84. The summed E-state index contributed by atoms with van der Waals surface area (Å²) in [7, 11) is 0. The molecule has 0 saturated heterocycles. The average molecular weight is 232 g/mol. The molecule has 17 heavy (non-hydrogen) atoms. The number of guanidine groups is 1. The zero-order valence-electron chi connectivity index (χ0n) is 10.3. The Morgan fingerprint density at radius 3 is 2.65 bits per heavy atom. The molecule has 0 radical (unpaired) electrons. The first kappa shape index (κ1) is 11.9. The molecule has 0 aromatic heterocycles. The molecule has 3 N–H and O–H groups in total. The van der Waals surface area contributed by atoms with E-state index in [0.717, 1.165) is 24.6 Å². The number of hydrogen-bond acceptors (Lipinski definition) is 2. The maximum absolute atomic E-state index is 5.59. The molecule has 0 heterocycles. The second-order valence-corrected chi connectivity index (χ2v) is 4.34. The van der Waals surface area contributed by atoms with Crippen molar-refractivity contribution < 1.29 is 0 Å². The van der Waals surface area contributed by atoms with Gasteiger partial charge >= 0.3 is 0 Å². The predicted molar refractivity (Wildman–Crippen MR) is 70.9 cm³/mol. The number of benzene rings is 1. The third kappa shape index (κ3) is 3.20. The Bertz CT molecular complexity index is 370. The molecular weight excluding hydrogens is 212 g/mol. The van der Waals surface area contributed by atoms with E-state index in [-0.39, 0.29) is 0 Å². The summed E-state index contributed by atoms with van der Waals surface area (Å²) < 4.78 is 0. The first-order valence-electron chi connectivity index (χ1n) is 6.22. The zero-order valence-corrected chi connectivity index (χ0v) is 10.3. The van der Waals surface area contributed by atoms with E-state index in [0.29, 0.717) is 6.04 Å². The van der Waals surface area contributed by atoms with E-state index in [2.05, 4.69) is 22.2 Å². The van der Waals surface area contributed by atoms with E-state index < -0.39 is 0 Å². The fourth-order valence-electron chi connectivity index (χ4n) is 1.89. The smallest absolute Gasteiger partial charge is 0.213 e. The van der Waals surface area contributed by atoms with Gasteiger partial charge < -0.3 is 4.90 Å². The fourth-order valence-corrected chi connectivity index (χ4v) is 1.89. The molecule has 0 bridgehead atoms. The molecule has 92 valence electrons. The van der Waals surface area contributed by atoms with Crippen LogP contribution in [0.15, 0.2) is 35.3 Å². The lowest BCUT2D eigenvalue weighted by atomic mass is 10.3. The van der Waals surface area contributed by atoms with Crippen molar-refractivity contribution in [3.8, 4) is 0 Å². The number of nitrogens with zero attached hydrogens (tertiary/aromatic N) is 2. The Labute approximate surface area is 102 Å². The summed E-state index contributed by atoms with van der Waals surface area (Å²) in [6.07, 6.45) is 3.59. The first-order valence-corrected chi connectivity index (χ1v) is 6.22. The minimum absolute atomic E-state index is 0.619. The highest BCUT2D eigenvalue weighted by atomic mass is 15.4. The van der Waals surface area contributed by atoms with Crippen LogP contribution in [-0.4, -0.2) is 23.4 Å². The average Bonchev–Trinajstić information content (AvgIpc) is 3.19. The van der Waals surface area contributed by atoms with Gasteiger partial charge in [-0.25, -0.2) is 10.8 Å². The van der Waals surface area contributed by atoms with Crippen LogP contribution in [-0.2, 0) is 0 Å². The van der Waals surface area contributed by atoms with Gasteiger partial charge in [0.25, 0.3) is 0 Å². The number of hydrogen-bond donors (Lipinski definition) is 2. The van der Waals surface area contributed by atoms with Crippen LogP contribution in [0.3, 0.4) is 0 Å². The van der Waals surface area contributed by atoms with Crippen molar-refractivity contribution >= 4 is 11.6 Å². The Hall–Kier alpha value is -1.55. The van der Waals surface area contributed by atoms with Crippen LogP contribution < -0.4 is 11.3 Å². The van der Waals surface area contributed by atoms with E-state index in [4.69, 9.17) is 5.84 Å². The second kappa shape index (κ2) is 5.68. The van der Waals surface area contributed by atoms with Gasteiger partial charge in [0.2, 0.25) is 5.96 Å². The number of nitrogens with one attached hydrogen (secondary N) is 1. The van der Waals surface area contributed by atoms with E-state index in [1.54, 1.807) is 0 Å². The number of aliphatic imine (C=N–C) groups is 1. The van der Waals surface area contributed by atoms with Crippen LogP contribution in [0.5, 0.6) is 0 Å². The van der Waals surface area contributed by atoms with E-state index in [9.17, 15) is 0 Å². The van der Waals surface area contributed by atoms with Crippen LogP contribution >= 0.6 is 0 Å². The van der Waals surface area contributed by atoms with Gasteiger partial charge in [0.05, 0.1) is 5.69 Å². The molecule has 4 nitrogen and oxygen atoms in total. The minimum atomic E-state index is 0.619. The molecule has 0 aliphatic heterocycles. The van der Waals surface area contributed by atoms with Crippen molar-refractivity contribution in [3.63, 3.8) is 0 Å². The van der Waals surface area contributed by atoms with E-state index in [1.807, 2.05) is 30.3 Å². The maximum atomic E-state index is 5.59. The van der Waals surface area contributed by atoms with Gasteiger partial charge in [0, 0.05) is 12.6 Å². The summed E-state index contributed by atoms with van der Waals surface area (Å²) in [6.45, 7) is 3.17. The molecule has 1 aromatic carbocycles. The SMILES string of the molecule is CCCN(C(=Nc1ccccc1)NN)C1CC1. The molecule has 1 aliphatic carbocycles. The maximum Gasteiger partial charge on any atom is 0.213 e. The van der Waals surface area contributed by atoms with Crippen molar-refractivity contribution in [1.29, 1.82) is 0 Å². The number of rotatable bonds is 4. The molecule has 0 spiro atoms. The summed E-state index contributed by atoms with van der Waals surface area (Å²) in [4.78, 5) is 6.83.